The Morgan fingerprint density at radius 1 is 0.167 bits per heavy atom. The first kappa shape index (κ1) is 72.8. The predicted molar refractivity (Wildman–Crippen MR) is 509 cm³/mol. The molecule has 0 radical (unpaired) electrons. The molecule has 0 N–H and O–H groups in total. The average molecular weight is 1540 g/mol. The summed E-state index contributed by atoms with van der Waals surface area (Å²) in [7, 11) is 0. The zero-order chi connectivity index (χ0) is 80.7. The molecule has 0 aliphatic heterocycles. The van der Waals surface area contributed by atoms with Crippen molar-refractivity contribution in [1.29, 1.82) is 0 Å². The standard InChI is InChI=1S/C116H88N4/c1-77-32-52-95(53-33-77)119(113-31-19-26-89-24-13-16-28-102(89)113)99-66-70-106-104-68-64-97(73-109(104)115(3,4)111(106)75-99)117(91-56-44-85(45-57-91)79-20-9-7-10-21-79)93-60-48-87(49-61-93)83-40-36-81(37-41-83)82-38-42-84(43-39-82)88-50-62-94(63-51-88)118(92-58-46-86(47-59-92)80-22-11-8-12-23-80)98-65-69-105-107-71-67-100(76-112(107)116(5,6)110(105)74-98)120(96-54-34-78(2)35-55-96)114-72-90-25-14-15-27-101(90)103-29-17-18-30-108(103)114/h7-76H,1-6H3. The summed E-state index contributed by atoms with van der Waals surface area (Å²) in [6, 6.07) is 158. The van der Waals surface area contributed by atoms with Crippen LogP contribution in [0.25, 0.3) is 110 Å². The van der Waals surface area contributed by atoms with E-state index in [4.69, 9.17) is 0 Å². The lowest BCUT2D eigenvalue weighted by atomic mass is 9.82. The highest BCUT2D eigenvalue weighted by molar-refractivity contribution is 6.15. The Kier molecular flexibility index (Phi) is 18.0. The highest BCUT2D eigenvalue weighted by Gasteiger charge is 2.39. The molecule has 0 spiro atoms. The molecule has 0 atom stereocenters. The molecule has 19 aromatic rings. The van der Waals surface area contributed by atoms with Crippen LogP contribution in [0, 0.1) is 13.8 Å². The molecule has 4 nitrogen and oxygen atoms in total. The van der Waals surface area contributed by atoms with E-state index in [1.165, 1.54) is 121 Å². The van der Waals surface area contributed by atoms with E-state index in [0.717, 1.165) is 90.5 Å². The van der Waals surface area contributed by atoms with Gasteiger partial charge in [0.25, 0.3) is 0 Å². The number of nitrogens with zero attached hydrogens (tertiary/aromatic N) is 4. The molecule has 0 fully saturated rings. The molecule has 0 unspecified atom stereocenters. The molecule has 4 heteroatoms. The molecule has 0 bridgehead atoms. The summed E-state index contributed by atoms with van der Waals surface area (Å²) in [5, 5.41) is 7.37. The molecule has 21 rings (SSSR count). The lowest BCUT2D eigenvalue weighted by molar-refractivity contribution is 0.660. The Morgan fingerprint density at radius 3 is 0.783 bits per heavy atom. The molecule has 2 aliphatic carbocycles. The maximum atomic E-state index is 2.47. The maximum absolute atomic E-state index is 2.47. The summed E-state index contributed by atoms with van der Waals surface area (Å²) in [6.45, 7) is 13.9. The van der Waals surface area contributed by atoms with E-state index in [1.54, 1.807) is 0 Å². The first-order chi connectivity index (χ1) is 58.8. The van der Waals surface area contributed by atoms with Crippen LogP contribution in [0.2, 0.25) is 0 Å². The minimum Gasteiger partial charge on any atom is -0.310 e. The van der Waals surface area contributed by atoms with Gasteiger partial charge in [0.1, 0.15) is 0 Å². The van der Waals surface area contributed by atoms with Crippen LogP contribution < -0.4 is 19.6 Å². The van der Waals surface area contributed by atoms with Crippen molar-refractivity contribution in [3.05, 3.63) is 458 Å². The largest absolute Gasteiger partial charge is 0.310 e. The Labute approximate surface area is 703 Å². The van der Waals surface area contributed by atoms with Gasteiger partial charge in [-0.15, -0.1) is 0 Å². The van der Waals surface area contributed by atoms with Crippen molar-refractivity contribution in [2.75, 3.05) is 19.6 Å². The van der Waals surface area contributed by atoms with Gasteiger partial charge in [-0.1, -0.05) is 330 Å². The molecule has 0 saturated carbocycles. The van der Waals surface area contributed by atoms with Crippen molar-refractivity contribution in [3.8, 4) is 77.9 Å². The fourth-order valence-corrected chi connectivity index (χ4v) is 18.9. The Bertz CT molecular complexity index is 7090. The van der Waals surface area contributed by atoms with Crippen LogP contribution >= 0.6 is 0 Å². The van der Waals surface area contributed by atoms with Gasteiger partial charge in [-0.2, -0.15) is 0 Å². The Balaban J connectivity index is 0.555. The molecular formula is C116H88N4. The van der Waals surface area contributed by atoms with Crippen LogP contribution in [-0.2, 0) is 10.8 Å². The average Bonchev–Trinajstić information content (AvgIpc) is 1.56. The fraction of sp³-hybridized carbons (Fsp3) is 0.0690. The molecule has 0 amide bonds. The quantitative estimate of drug-likeness (QED) is 0.0843. The summed E-state index contributed by atoms with van der Waals surface area (Å²) in [5.41, 5.74) is 37.3. The molecule has 2 aliphatic rings. The van der Waals surface area contributed by atoms with Gasteiger partial charge in [-0.05, 0) is 269 Å². The number of hydrogen-bond acceptors (Lipinski definition) is 4. The third-order valence-corrected chi connectivity index (χ3v) is 25.4. The Morgan fingerprint density at radius 2 is 0.417 bits per heavy atom. The van der Waals surface area contributed by atoms with Crippen molar-refractivity contribution in [2.24, 2.45) is 0 Å². The molecular weight excluding hydrogens is 1450 g/mol. The van der Waals surface area contributed by atoms with Crippen molar-refractivity contribution in [1.82, 2.24) is 0 Å². The molecule has 120 heavy (non-hydrogen) atoms. The number of rotatable bonds is 17. The van der Waals surface area contributed by atoms with Gasteiger partial charge in [-0.3, -0.25) is 0 Å². The topological polar surface area (TPSA) is 13.0 Å². The van der Waals surface area contributed by atoms with Crippen LogP contribution in [0.4, 0.5) is 68.2 Å². The van der Waals surface area contributed by atoms with E-state index in [-0.39, 0.29) is 10.8 Å². The number of anilines is 12. The third-order valence-electron chi connectivity index (χ3n) is 25.4. The lowest BCUT2D eigenvalue weighted by Gasteiger charge is -2.30. The molecule has 0 saturated heterocycles. The summed E-state index contributed by atoms with van der Waals surface area (Å²) in [6.07, 6.45) is 0. The van der Waals surface area contributed by atoms with Gasteiger partial charge < -0.3 is 19.6 Å². The van der Waals surface area contributed by atoms with Gasteiger partial charge in [0.05, 0.1) is 11.4 Å². The third kappa shape index (κ3) is 13.0. The van der Waals surface area contributed by atoms with Gasteiger partial charge in [0.15, 0.2) is 0 Å². The highest BCUT2D eigenvalue weighted by Crippen LogP contribution is 2.56. The van der Waals surface area contributed by atoms with Crippen molar-refractivity contribution < 1.29 is 0 Å². The first-order valence-electron chi connectivity index (χ1n) is 41.8. The number of benzene rings is 19. The number of fused-ring (bicyclic) bond motifs is 10. The van der Waals surface area contributed by atoms with Crippen molar-refractivity contribution in [2.45, 2.75) is 52.4 Å². The highest BCUT2D eigenvalue weighted by atomic mass is 15.2. The Hall–Kier alpha value is -14.8. The SMILES string of the molecule is Cc1ccc(N(c2ccc3c(c2)C(C)(C)c2cc(N(c4ccc(-c5ccccc5)cc4)c4ccc(-c5ccc(-c6ccc(-c7ccc(N(c8ccc(-c9ccccc9)cc8)c8ccc9c(c8)C(C)(C)c8cc(N(c%10ccc(C)cc%10)c%10cc%11ccccc%11c%11ccccc%10%11)ccc8-9)cc7)cc6)cc5)cc4)ccc2-3)c2cccc3ccccc23)cc1. The van der Waals surface area contributed by atoms with Gasteiger partial charge in [0, 0.05) is 78.5 Å². The van der Waals surface area contributed by atoms with E-state index in [9.17, 15) is 0 Å². The van der Waals surface area contributed by atoms with Crippen LogP contribution in [-0.4, -0.2) is 0 Å². The van der Waals surface area contributed by atoms with Crippen molar-refractivity contribution >= 4 is 101 Å². The second kappa shape index (κ2) is 29.7. The summed E-state index contributed by atoms with van der Waals surface area (Å²) < 4.78 is 0. The van der Waals surface area contributed by atoms with Crippen molar-refractivity contribution in [3.63, 3.8) is 0 Å². The van der Waals surface area contributed by atoms with Gasteiger partial charge in [-0.25, -0.2) is 0 Å². The number of aryl methyl sites for hydroxylation is 2. The zero-order valence-corrected chi connectivity index (χ0v) is 68.2. The van der Waals surface area contributed by atoms with Crippen LogP contribution in [0.3, 0.4) is 0 Å². The monoisotopic (exact) mass is 1540 g/mol. The summed E-state index contributed by atoms with van der Waals surface area (Å²) in [4.78, 5) is 9.74. The fourth-order valence-electron chi connectivity index (χ4n) is 18.9. The first-order valence-corrected chi connectivity index (χ1v) is 41.8. The van der Waals surface area contributed by atoms with E-state index in [2.05, 4.69) is 486 Å². The second-order valence-electron chi connectivity index (χ2n) is 33.4. The normalized spacial score (nSPS) is 12.7. The predicted octanol–water partition coefficient (Wildman–Crippen LogP) is 32.6. The van der Waals surface area contributed by atoms with E-state index in [0.29, 0.717) is 0 Å². The summed E-state index contributed by atoms with van der Waals surface area (Å²) >= 11 is 0. The molecule has 572 valence electrons. The maximum Gasteiger partial charge on any atom is 0.0546 e. The van der Waals surface area contributed by atoms with Gasteiger partial charge >= 0.3 is 0 Å². The van der Waals surface area contributed by atoms with Crippen LogP contribution in [0.5, 0.6) is 0 Å². The van der Waals surface area contributed by atoms with Gasteiger partial charge in [0.2, 0.25) is 0 Å². The smallest absolute Gasteiger partial charge is 0.0546 e. The minimum atomic E-state index is -0.323. The van der Waals surface area contributed by atoms with E-state index < -0.39 is 0 Å². The lowest BCUT2D eigenvalue weighted by Crippen LogP contribution is -2.17. The second-order valence-corrected chi connectivity index (χ2v) is 33.4. The minimum absolute atomic E-state index is 0.304. The summed E-state index contributed by atoms with van der Waals surface area (Å²) in [5.74, 6) is 0. The molecule has 19 aromatic carbocycles. The van der Waals surface area contributed by atoms with E-state index >= 15 is 0 Å². The molecule has 0 aromatic heterocycles. The van der Waals surface area contributed by atoms with E-state index in [1.807, 2.05) is 0 Å². The zero-order valence-electron chi connectivity index (χ0n) is 68.2. The number of hydrogen-bond donors (Lipinski definition) is 0. The van der Waals surface area contributed by atoms with Crippen LogP contribution in [0.15, 0.2) is 425 Å². The van der Waals surface area contributed by atoms with Crippen LogP contribution in [0.1, 0.15) is 61.1 Å². The molecule has 0 heterocycles.